The first kappa shape index (κ1) is 12.9. The molecule has 0 spiro atoms. The summed E-state index contributed by atoms with van der Waals surface area (Å²) >= 11 is 3.55. The number of benzene rings is 1. The lowest BCUT2D eigenvalue weighted by atomic mass is 10.1. The third-order valence-electron chi connectivity index (χ3n) is 3.29. The fourth-order valence-electron chi connectivity index (χ4n) is 2.31. The van der Waals surface area contributed by atoms with Crippen LogP contribution >= 0.6 is 15.9 Å². The third-order valence-corrected chi connectivity index (χ3v) is 3.98. The van der Waals surface area contributed by atoms with E-state index in [1.807, 2.05) is 6.07 Å². The summed E-state index contributed by atoms with van der Waals surface area (Å²) in [5.74, 6) is 0. The van der Waals surface area contributed by atoms with E-state index in [0.29, 0.717) is 0 Å². The average molecular weight is 297 g/mol. The third kappa shape index (κ3) is 4.32. The second kappa shape index (κ2) is 7.02. The Morgan fingerprint density at radius 3 is 2.65 bits per heavy atom. The van der Waals surface area contributed by atoms with Gasteiger partial charge in [-0.15, -0.1) is 0 Å². The SMILES string of the molecule is Brc1ccccc1NCCCN1CCCCC1. The van der Waals surface area contributed by atoms with Crippen LogP contribution in [0.4, 0.5) is 5.69 Å². The van der Waals surface area contributed by atoms with E-state index in [1.54, 1.807) is 0 Å². The molecule has 0 amide bonds. The summed E-state index contributed by atoms with van der Waals surface area (Å²) in [6, 6.07) is 8.30. The summed E-state index contributed by atoms with van der Waals surface area (Å²) in [6.45, 7) is 4.89. The van der Waals surface area contributed by atoms with Crippen molar-refractivity contribution in [1.82, 2.24) is 4.90 Å². The molecule has 0 saturated carbocycles. The molecule has 0 unspecified atom stereocenters. The maximum atomic E-state index is 3.55. The van der Waals surface area contributed by atoms with E-state index in [9.17, 15) is 0 Å². The minimum absolute atomic E-state index is 1.05. The van der Waals surface area contributed by atoms with Gasteiger partial charge in [0, 0.05) is 16.7 Å². The number of rotatable bonds is 5. The number of para-hydroxylation sites is 1. The number of hydrogen-bond donors (Lipinski definition) is 1. The molecule has 1 aromatic rings. The highest BCUT2D eigenvalue weighted by atomic mass is 79.9. The van der Waals surface area contributed by atoms with E-state index < -0.39 is 0 Å². The van der Waals surface area contributed by atoms with Crippen LogP contribution in [-0.4, -0.2) is 31.1 Å². The highest BCUT2D eigenvalue weighted by Crippen LogP contribution is 2.20. The second-order valence-corrected chi connectivity index (χ2v) is 5.52. The lowest BCUT2D eigenvalue weighted by Crippen LogP contribution is -2.31. The first-order valence-electron chi connectivity index (χ1n) is 6.57. The van der Waals surface area contributed by atoms with E-state index in [2.05, 4.69) is 44.3 Å². The zero-order valence-corrected chi connectivity index (χ0v) is 11.9. The van der Waals surface area contributed by atoms with Crippen LogP contribution in [0, 0.1) is 0 Å². The van der Waals surface area contributed by atoms with E-state index >= 15 is 0 Å². The Labute approximate surface area is 113 Å². The molecule has 94 valence electrons. The molecule has 1 heterocycles. The van der Waals surface area contributed by atoms with Crippen LogP contribution in [0.15, 0.2) is 28.7 Å². The molecule has 1 fully saturated rings. The van der Waals surface area contributed by atoms with Crippen molar-refractivity contribution in [2.45, 2.75) is 25.7 Å². The largest absolute Gasteiger partial charge is 0.384 e. The lowest BCUT2D eigenvalue weighted by Gasteiger charge is -2.26. The number of hydrogen-bond acceptors (Lipinski definition) is 2. The molecule has 17 heavy (non-hydrogen) atoms. The summed E-state index contributed by atoms with van der Waals surface area (Å²) in [5, 5.41) is 3.48. The molecule has 1 saturated heterocycles. The van der Waals surface area contributed by atoms with Crippen LogP contribution in [0.2, 0.25) is 0 Å². The second-order valence-electron chi connectivity index (χ2n) is 4.66. The van der Waals surface area contributed by atoms with Crippen molar-refractivity contribution in [3.05, 3.63) is 28.7 Å². The van der Waals surface area contributed by atoms with E-state index in [1.165, 1.54) is 51.0 Å². The van der Waals surface area contributed by atoms with E-state index in [4.69, 9.17) is 0 Å². The van der Waals surface area contributed by atoms with Crippen LogP contribution in [-0.2, 0) is 0 Å². The van der Waals surface area contributed by atoms with Gasteiger partial charge in [0.2, 0.25) is 0 Å². The molecule has 0 bridgehead atoms. The Hall–Kier alpha value is -0.540. The van der Waals surface area contributed by atoms with Gasteiger partial charge in [-0.1, -0.05) is 18.6 Å². The predicted molar refractivity (Wildman–Crippen MR) is 77.5 cm³/mol. The standard InChI is InChI=1S/C14H21BrN2/c15-13-7-2-3-8-14(13)16-9-6-12-17-10-4-1-5-11-17/h2-3,7-8,16H,1,4-6,9-12H2. The number of nitrogens with zero attached hydrogens (tertiary/aromatic N) is 1. The summed E-state index contributed by atoms with van der Waals surface area (Å²) in [7, 11) is 0. The Balaban J connectivity index is 1.64. The number of anilines is 1. The molecule has 1 aliphatic heterocycles. The van der Waals surface area contributed by atoms with Gasteiger partial charge >= 0.3 is 0 Å². The van der Waals surface area contributed by atoms with Crippen molar-refractivity contribution in [1.29, 1.82) is 0 Å². The molecule has 1 N–H and O–H groups in total. The summed E-state index contributed by atoms with van der Waals surface area (Å²) < 4.78 is 1.15. The lowest BCUT2D eigenvalue weighted by molar-refractivity contribution is 0.228. The number of halogens is 1. The highest BCUT2D eigenvalue weighted by molar-refractivity contribution is 9.10. The maximum absolute atomic E-state index is 3.55. The van der Waals surface area contributed by atoms with Crippen molar-refractivity contribution < 1.29 is 0 Å². The van der Waals surface area contributed by atoms with Crippen molar-refractivity contribution >= 4 is 21.6 Å². The maximum Gasteiger partial charge on any atom is 0.0484 e. The Kier molecular flexibility index (Phi) is 5.33. The Morgan fingerprint density at radius 1 is 1.12 bits per heavy atom. The molecular formula is C14H21BrN2. The summed E-state index contributed by atoms with van der Waals surface area (Å²) in [6.07, 6.45) is 5.42. The summed E-state index contributed by atoms with van der Waals surface area (Å²) in [4.78, 5) is 2.59. The Morgan fingerprint density at radius 2 is 1.88 bits per heavy atom. The number of piperidine rings is 1. The molecule has 1 aliphatic rings. The first-order chi connectivity index (χ1) is 8.36. The van der Waals surface area contributed by atoms with Gasteiger partial charge in [-0.05, 0) is 67.0 Å². The quantitative estimate of drug-likeness (QED) is 0.833. The topological polar surface area (TPSA) is 15.3 Å². The van der Waals surface area contributed by atoms with Gasteiger partial charge in [-0.25, -0.2) is 0 Å². The highest BCUT2D eigenvalue weighted by Gasteiger charge is 2.08. The Bertz CT molecular complexity index is 335. The van der Waals surface area contributed by atoms with Gasteiger partial charge in [-0.2, -0.15) is 0 Å². The van der Waals surface area contributed by atoms with Gasteiger partial charge in [0.25, 0.3) is 0 Å². The molecular weight excluding hydrogens is 276 g/mol. The van der Waals surface area contributed by atoms with Gasteiger partial charge in [0.1, 0.15) is 0 Å². The smallest absolute Gasteiger partial charge is 0.0484 e. The molecule has 2 rings (SSSR count). The molecule has 0 radical (unpaired) electrons. The van der Waals surface area contributed by atoms with Crippen molar-refractivity contribution in [2.24, 2.45) is 0 Å². The van der Waals surface area contributed by atoms with Crippen molar-refractivity contribution in [2.75, 3.05) is 31.5 Å². The zero-order chi connectivity index (χ0) is 11.9. The van der Waals surface area contributed by atoms with Crippen LogP contribution in [0.25, 0.3) is 0 Å². The number of nitrogens with one attached hydrogen (secondary N) is 1. The van der Waals surface area contributed by atoms with Gasteiger partial charge in [0.05, 0.1) is 0 Å². The number of likely N-dealkylation sites (tertiary alicyclic amines) is 1. The molecule has 1 aromatic carbocycles. The van der Waals surface area contributed by atoms with Gasteiger partial charge in [0.15, 0.2) is 0 Å². The first-order valence-corrected chi connectivity index (χ1v) is 7.36. The normalized spacial score (nSPS) is 17.0. The van der Waals surface area contributed by atoms with E-state index in [0.717, 1.165) is 11.0 Å². The molecule has 2 nitrogen and oxygen atoms in total. The van der Waals surface area contributed by atoms with E-state index in [-0.39, 0.29) is 0 Å². The average Bonchev–Trinajstić information content (AvgIpc) is 2.38. The molecule has 3 heteroatoms. The minimum Gasteiger partial charge on any atom is -0.384 e. The fourth-order valence-corrected chi connectivity index (χ4v) is 2.74. The zero-order valence-electron chi connectivity index (χ0n) is 10.3. The fraction of sp³-hybridized carbons (Fsp3) is 0.571. The molecule has 0 atom stereocenters. The van der Waals surface area contributed by atoms with Gasteiger partial charge in [-0.3, -0.25) is 0 Å². The van der Waals surface area contributed by atoms with Crippen LogP contribution < -0.4 is 5.32 Å². The minimum atomic E-state index is 1.05. The van der Waals surface area contributed by atoms with Crippen LogP contribution in [0.5, 0.6) is 0 Å². The summed E-state index contributed by atoms with van der Waals surface area (Å²) in [5.41, 5.74) is 1.20. The van der Waals surface area contributed by atoms with Gasteiger partial charge < -0.3 is 10.2 Å². The van der Waals surface area contributed by atoms with Crippen molar-refractivity contribution in [3.8, 4) is 0 Å². The van der Waals surface area contributed by atoms with Crippen LogP contribution in [0.1, 0.15) is 25.7 Å². The monoisotopic (exact) mass is 296 g/mol. The molecule has 0 aliphatic carbocycles. The predicted octanol–water partition coefficient (Wildman–Crippen LogP) is 3.74. The molecule has 0 aromatic heterocycles. The van der Waals surface area contributed by atoms with Crippen molar-refractivity contribution in [3.63, 3.8) is 0 Å². The van der Waals surface area contributed by atoms with Crippen LogP contribution in [0.3, 0.4) is 0 Å².